The fraction of sp³-hybridized carbons (Fsp3) is 0.118. The molecule has 0 unspecified atom stereocenters. The van der Waals surface area contributed by atoms with Crippen molar-refractivity contribution in [2.75, 3.05) is 23.5 Å². The van der Waals surface area contributed by atoms with Gasteiger partial charge in [0.25, 0.3) is 0 Å². The highest BCUT2D eigenvalue weighted by Gasteiger charge is 2.09. The van der Waals surface area contributed by atoms with E-state index in [0.717, 1.165) is 11.4 Å². The van der Waals surface area contributed by atoms with E-state index < -0.39 is 0 Å². The number of carbonyl (C=O) groups is 1. The standard InChI is InChI=1S/C17H15FN4O2S2/c1-24-14-4-2-3-13(9-14)20-16-21-22-17(26-16)25-10-15(23)19-12-7-5-11(18)6-8-12/h2-9H,10H2,1H3,(H,19,23)(H,20,21). The Kier molecular flexibility index (Phi) is 6.03. The summed E-state index contributed by atoms with van der Waals surface area (Å²) in [5, 5.41) is 14.6. The zero-order valence-electron chi connectivity index (χ0n) is 13.7. The van der Waals surface area contributed by atoms with Crippen LogP contribution in [0.5, 0.6) is 5.75 Å². The Morgan fingerprint density at radius 1 is 1.19 bits per heavy atom. The number of rotatable bonds is 7. The Balaban J connectivity index is 1.51. The summed E-state index contributed by atoms with van der Waals surface area (Å²) < 4.78 is 18.7. The molecular formula is C17H15FN4O2S2. The van der Waals surface area contributed by atoms with Crippen LogP contribution in [0.3, 0.4) is 0 Å². The van der Waals surface area contributed by atoms with Crippen LogP contribution in [0.2, 0.25) is 0 Å². The van der Waals surface area contributed by atoms with Gasteiger partial charge in [0.05, 0.1) is 12.9 Å². The van der Waals surface area contributed by atoms with Gasteiger partial charge in [-0.25, -0.2) is 4.39 Å². The summed E-state index contributed by atoms with van der Waals surface area (Å²) in [7, 11) is 1.61. The number of carbonyl (C=O) groups excluding carboxylic acids is 1. The van der Waals surface area contributed by atoms with Crippen molar-refractivity contribution in [1.29, 1.82) is 0 Å². The number of amides is 1. The average Bonchev–Trinajstić information content (AvgIpc) is 3.09. The van der Waals surface area contributed by atoms with E-state index in [9.17, 15) is 9.18 Å². The van der Waals surface area contributed by atoms with Crippen molar-refractivity contribution in [1.82, 2.24) is 10.2 Å². The first-order valence-electron chi connectivity index (χ1n) is 7.55. The van der Waals surface area contributed by atoms with Crippen LogP contribution in [0.1, 0.15) is 0 Å². The van der Waals surface area contributed by atoms with Crippen LogP contribution in [0, 0.1) is 5.82 Å². The third-order valence-corrected chi connectivity index (χ3v) is 5.15. The van der Waals surface area contributed by atoms with Crippen molar-refractivity contribution in [2.45, 2.75) is 4.34 Å². The lowest BCUT2D eigenvalue weighted by molar-refractivity contribution is -0.113. The molecule has 1 heterocycles. The number of methoxy groups -OCH3 is 1. The molecule has 0 aliphatic rings. The first-order valence-corrected chi connectivity index (χ1v) is 9.35. The lowest BCUT2D eigenvalue weighted by Gasteiger charge is -2.04. The van der Waals surface area contributed by atoms with Gasteiger partial charge in [0.15, 0.2) is 4.34 Å². The molecule has 6 nitrogen and oxygen atoms in total. The van der Waals surface area contributed by atoms with Crippen LogP contribution in [0.4, 0.5) is 20.9 Å². The van der Waals surface area contributed by atoms with Gasteiger partial charge in [-0.05, 0) is 36.4 Å². The first kappa shape index (κ1) is 18.2. The van der Waals surface area contributed by atoms with Crippen molar-refractivity contribution >= 4 is 45.5 Å². The van der Waals surface area contributed by atoms with E-state index in [0.29, 0.717) is 15.2 Å². The largest absolute Gasteiger partial charge is 0.497 e. The normalized spacial score (nSPS) is 10.4. The summed E-state index contributed by atoms with van der Waals surface area (Å²) in [6, 6.07) is 13.1. The van der Waals surface area contributed by atoms with Gasteiger partial charge in [-0.3, -0.25) is 4.79 Å². The number of aromatic nitrogens is 2. The SMILES string of the molecule is COc1cccc(Nc2nnc(SCC(=O)Nc3ccc(F)cc3)s2)c1. The molecule has 0 aliphatic carbocycles. The van der Waals surface area contributed by atoms with E-state index in [-0.39, 0.29) is 17.5 Å². The van der Waals surface area contributed by atoms with Crippen molar-refractivity contribution in [2.24, 2.45) is 0 Å². The van der Waals surface area contributed by atoms with E-state index in [1.165, 1.54) is 47.4 Å². The third kappa shape index (κ3) is 5.17. The minimum atomic E-state index is -0.345. The Morgan fingerprint density at radius 2 is 2.00 bits per heavy atom. The lowest BCUT2D eigenvalue weighted by Crippen LogP contribution is -2.13. The van der Waals surface area contributed by atoms with E-state index in [2.05, 4.69) is 20.8 Å². The molecule has 134 valence electrons. The molecule has 3 aromatic rings. The molecule has 0 saturated heterocycles. The highest BCUT2D eigenvalue weighted by atomic mass is 32.2. The smallest absolute Gasteiger partial charge is 0.234 e. The Hall–Kier alpha value is -2.65. The van der Waals surface area contributed by atoms with Crippen LogP contribution in [-0.4, -0.2) is 29.0 Å². The maximum atomic E-state index is 12.9. The number of benzene rings is 2. The zero-order chi connectivity index (χ0) is 18.4. The second-order valence-electron chi connectivity index (χ2n) is 5.07. The predicted octanol–water partition coefficient (Wildman–Crippen LogP) is 4.16. The van der Waals surface area contributed by atoms with Crippen LogP contribution < -0.4 is 15.4 Å². The number of thioether (sulfide) groups is 1. The van der Waals surface area contributed by atoms with Crippen molar-refractivity contribution in [3.05, 3.63) is 54.3 Å². The van der Waals surface area contributed by atoms with Gasteiger partial charge in [0.1, 0.15) is 11.6 Å². The monoisotopic (exact) mass is 390 g/mol. The molecule has 0 spiro atoms. The van der Waals surface area contributed by atoms with Crippen LogP contribution in [0.15, 0.2) is 52.9 Å². The summed E-state index contributed by atoms with van der Waals surface area (Å²) >= 11 is 2.63. The predicted molar refractivity (Wildman–Crippen MR) is 102 cm³/mol. The molecule has 2 N–H and O–H groups in total. The molecule has 2 aromatic carbocycles. The summed E-state index contributed by atoms with van der Waals surface area (Å²) in [5.41, 5.74) is 1.39. The van der Waals surface area contributed by atoms with Crippen molar-refractivity contribution in [3.8, 4) is 5.75 Å². The second-order valence-corrected chi connectivity index (χ2v) is 7.27. The number of hydrogen-bond acceptors (Lipinski definition) is 7. The molecule has 0 aliphatic heterocycles. The molecule has 0 radical (unpaired) electrons. The van der Waals surface area contributed by atoms with Crippen LogP contribution >= 0.6 is 23.1 Å². The number of nitrogens with one attached hydrogen (secondary N) is 2. The van der Waals surface area contributed by atoms with E-state index in [1.807, 2.05) is 24.3 Å². The second kappa shape index (κ2) is 8.63. The summed E-state index contributed by atoms with van der Waals surface area (Å²) in [5.74, 6) is 0.388. The van der Waals surface area contributed by atoms with Gasteiger partial charge in [-0.1, -0.05) is 29.2 Å². The maximum absolute atomic E-state index is 12.9. The summed E-state index contributed by atoms with van der Waals surface area (Å²) in [6.45, 7) is 0. The van der Waals surface area contributed by atoms with Gasteiger partial charge in [0, 0.05) is 17.4 Å². The zero-order valence-corrected chi connectivity index (χ0v) is 15.4. The highest BCUT2D eigenvalue weighted by molar-refractivity contribution is 8.01. The third-order valence-electron chi connectivity index (χ3n) is 3.18. The molecule has 1 amide bonds. The molecule has 0 bridgehead atoms. The van der Waals surface area contributed by atoms with E-state index in [1.54, 1.807) is 7.11 Å². The Labute approximate surface area is 157 Å². The Morgan fingerprint density at radius 3 is 2.77 bits per heavy atom. The summed E-state index contributed by atoms with van der Waals surface area (Å²) in [4.78, 5) is 11.9. The molecule has 0 fully saturated rings. The molecule has 9 heteroatoms. The topological polar surface area (TPSA) is 76.1 Å². The minimum absolute atomic E-state index is 0.186. The number of nitrogens with zero attached hydrogens (tertiary/aromatic N) is 2. The quantitative estimate of drug-likeness (QED) is 0.590. The average molecular weight is 390 g/mol. The van der Waals surface area contributed by atoms with Crippen LogP contribution in [0.25, 0.3) is 0 Å². The van der Waals surface area contributed by atoms with Gasteiger partial charge >= 0.3 is 0 Å². The molecule has 0 saturated carbocycles. The van der Waals surface area contributed by atoms with Gasteiger partial charge < -0.3 is 15.4 Å². The molecule has 26 heavy (non-hydrogen) atoms. The maximum Gasteiger partial charge on any atom is 0.234 e. The van der Waals surface area contributed by atoms with E-state index >= 15 is 0 Å². The van der Waals surface area contributed by atoms with Crippen molar-refractivity contribution in [3.63, 3.8) is 0 Å². The van der Waals surface area contributed by atoms with Gasteiger partial charge in [0.2, 0.25) is 11.0 Å². The minimum Gasteiger partial charge on any atom is -0.497 e. The lowest BCUT2D eigenvalue weighted by atomic mass is 10.3. The number of ether oxygens (including phenoxy) is 1. The number of hydrogen-bond donors (Lipinski definition) is 2. The highest BCUT2D eigenvalue weighted by Crippen LogP contribution is 2.28. The number of halogens is 1. The molecule has 1 aromatic heterocycles. The van der Waals surface area contributed by atoms with Crippen LogP contribution in [-0.2, 0) is 4.79 Å². The molecule has 0 atom stereocenters. The fourth-order valence-corrected chi connectivity index (χ4v) is 3.57. The van der Waals surface area contributed by atoms with E-state index in [4.69, 9.17) is 4.74 Å². The Bertz CT molecular complexity index is 886. The number of anilines is 3. The van der Waals surface area contributed by atoms with Gasteiger partial charge in [-0.2, -0.15) is 0 Å². The summed E-state index contributed by atoms with van der Waals surface area (Å²) in [6.07, 6.45) is 0. The fourth-order valence-electron chi connectivity index (χ4n) is 2.00. The van der Waals surface area contributed by atoms with Crippen molar-refractivity contribution < 1.29 is 13.9 Å². The first-order chi connectivity index (χ1) is 12.6. The molecular weight excluding hydrogens is 375 g/mol. The van der Waals surface area contributed by atoms with Gasteiger partial charge in [-0.15, -0.1) is 10.2 Å². The molecule has 3 rings (SSSR count).